The zero-order valence-corrected chi connectivity index (χ0v) is 20.7. The summed E-state index contributed by atoms with van der Waals surface area (Å²) in [5, 5.41) is 0.810. The number of Topliss-reactive ketones (excluding diaryl/α,β-unsaturated/α-hetero) is 1. The highest BCUT2D eigenvalue weighted by molar-refractivity contribution is 6.42. The molecule has 1 aromatic carbocycles. The van der Waals surface area contributed by atoms with Crippen LogP contribution in [0.25, 0.3) is 0 Å². The normalized spacial score (nSPS) is 18.8. The first-order valence-corrected chi connectivity index (χ1v) is 11.4. The second kappa shape index (κ2) is 11.2. The minimum atomic E-state index is -0.674. The van der Waals surface area contributed by atoms with E-state index >= 15 is 0 Å². The van der Waals surface area contributed by atoms with Gasteiger partial charge in [0.25, 0.3) is 0 Å². The number of likely N-dealkylation sites (tertiary alicyclic amines) is 1. The van der Waals surface area contributed by atoms with Crippen LogP contribution in [0.5, 0.6) is 5.75 Å². The van der Waals surface area contributed by atoms with Gasteiger partial charge < -0.3 is 19.1 Å². The second-order valence-corrected chi connectivity index (χ2v) is 9.54. The molecule has 2 rings (SSSR count). The molecule has 7 nitrogen and oxygen atoms in total. The van der Waals surface area contributed by atoms with Gasteiger partial charge in [0, 0.05) is 24.6 Å². The molecule has 1 heterocycles. The Morgan fingerprint density at radius 3 is 2.47 bits per heavy atom. The molecule has 1 aliphatic rings. The average Bonchev–Trinajstić information content (AvgIpc) is 2.68. The molecular formula is C23H31Cl2NO6. The van der Waals surface area contributed by atoms with Crippen molar-refractivity contribution in [3.63, 3.8) is 0 Å². The Balaban J connectivity index is 2.29. The third-order valence-corrected chi connectivity index (χ3v) is 5.99. The molecule has 0 spiro atoms. The van der Waals surface area contributed by atoms with Gasteiger partial charge in [-0.25, -0.2) is 4.79 Å². The van der Waals surface area contributed by atoms with Gasteiger partial charge in [0.05, 0.1) is 23.8 Å². The van der Waals surface area contributed by atoms with Crippen LogP contribution in [0.15, 0.2) is 12.1 Å². The molecule has 1 saturated heterocycles. The van der Waals surface area contributed by atoms with Crippen molar-refractivity contribution in [2.24, 2.45) is 0 Å². The lowest BCUT2D eigenvalue weighted by atomic mass is 9.83. The van der Waals surface area contributed by atoms with Gasteiger partial charge in [-0.2, -0.15) is 0 Å². The Bertz CT molecular complexity index is 852. The first kappa shape index (κ1) is 26.3. The van der Waals surface area contributed by atoms with Crippen molar-refractivity contribution in [2.75, 3.05) is 20.3 Å². The van der Waals surface area contributed by atoms with Gasteiger partial charge in [0.2, 0.25) is 0 Å². The van der Waals surface area contributed by atoms with Crippen LogP contribution < -0.4 is 4.74 Å². The number of amides is 1. The van der Waals surface area contributed by atoms with Gasteiger partial charge in [-0.05, 0) is 58.6 Å². The van der Waals surface area contributed by atoms with Gasteiger partial charge in [0.15, 0.2) is 0 Å². The van der Waals surface area contributed by atoms with E-state index in [1.807, 2.05) is 0 Å². The summed E-state index contributed by atoms with van der Waals surface area (Å²) in [7, 11) is 1.55. The molecule has 0 unspecified atom stereocenters. The fraction of sp³-hybridized carbons (Fsp3) is 0.609. The number of hydrogen-bond donors (Lipinski definition) is 0. The molecule has 0 radical (unpaired) electrons. The number of benzene rings is 1. The van der Waals surface area contributed by atoms with Crippen LogP contribution in [0.2, 0.25) is 10.0 Å². The highest BCUT2D eigenvalue weighted by Crippen LogP contribution is 2.44. The Morgan fingerprint density at radius 1 is 1.19 bits per heavy atom. The molecule has 1 aliphatic heterocycles. The quantitative estimate of drug-likeness (QED) is 0.378. The third-order valence-electron chi connectivity index (χ3n) is 5.17. The van der Waals surface area contributed by atoms with Crippen molar-refractivity contribution in [1.29, 1.82) is 0 Å². The monoisotopic (exact) mass is 487 g/mol. The van der Waals surface area contributed by atoms with Crippen molar-refractivity contribution < 1.29 is 28.6 Å². The summed E-state index contributed by atoms with van der Waals surface area (Å²) in [5.74, 6) is -0.359. The molecule has 9 heteroatoms. The zero-order chi connectivity index (χ0) is 24.1. The fourth-order valence-electron chi connectivity index (χ4n) is 3.88. The van der Waals surface area contributed by atoms with Crippen molar-refractivity contribution in [3.8, 4) is 5.75 Å². The van der Waals surface area contributed by atoms with Crippen LogP contribution in [0.1, 0.15) is 64.9 Å². The third kappa shape index (κ3) is 7.01. The molecule has 1 amide bonds. The number of halogens is 2. The van der Waals surface area contributed by atoms with Gasteiger partial charge >= 0.3 is 12.1 Å². The molecule has 0 bridgehead atoms. The molecule has 32 heavy (non-hydrogen) atoms. The molecule has 1 fully saturated rings. The molecule has 0 aromatic heterocycles. The number of rotatable bonds is 7. The van der Waals surface area contributed by atoms with Crippen LogP contribution in [-0.4, -0.2) is 54.7 Å². The second-order valence-electron chi connectivity index (χ2n) is 8.75. The maximum Gasteiger partial charge on any atom is 0.410 e. The van der Waals surface area contributed by atoms with Crippen LogP contribution in [-0.2, 0) is 19.1 Å². The minimum Gasteiger partial charge on any atom is -0.496 e. The molecule has 0 N–H and O–H groups in total. The van der Waals surface area contributed by atoms with E-state index in [0.717, 1.165) is 5.56 Å². The Kier molecular flexibility index (Phi) is 9.22. The molecule has 1 aromatic rings. The lowest BCUT2D eigenvalue weighted by Gasteiger charge is -2.40. The topological polar surface area (TPSA) is 82.1 Å². The van der Waals surface area contributed by atoms with E-state index in [1.54, 1.807) is 51.8 Å². The SMILES string of the molecule is CCOC(=O)CC(=O)C[C@H]1C[C@H](c2c(OC)ccc(Cl)c2Cl)CCN1C(=O)OC(C)(C)C. The van der Waals surface area contributed by atoms with Crippen LogP contribution in [0, 0.1) is 0 Å². The van der Waals surface area contributed by atoms with Crippen LogP contribution >= 0.6 is 23.2 Å². The molecule has 178 valence electrons. The predicted octanol–water partition coefficient (Wildman–Crippen LogP) is 5.40. The summed E-state index contributed by atoms with van der Waals surface area (Å²) in [4.78, 5) is 38.8. The molecular weight excluding hydrogens is 457 g/mol. The van der Waals surface area contributed by atoms with Crippen molar-refractivity contribution in [1.82, 2.24) is 4.90 Å². The summed E-state index contributed by atoms with van der Waals surface area (Å²) in [6.45, 7) is 7.61. The first-order chi connectivity index (χ1) is 15.0. The smallest absolute Gasteiger partial charge is 0.410 e. The Hall–Kier alpha value is -1.99. The maximum absolute atomic E-state index is 12.8. The number of carbonyl (C=O) groups excluding carboxylic acids is 3. The van der Waals surface area contributed by atoms with E-state index in [9.17, 15) is 14.4 Å². The number of esters is 1. The van der Waals surface area contributed by atoms with Gasteiger partial charge in [-0.1, -0.05) is 23.2 Å². The standard InChI is InChI=1S/C23H31Cl2NO6/c1-6-31-19(28)13-16(27)12-15-11-14(9-10-26(15)22(29)32-23(2,3)4)20-18(30-5)8-7-17(24)21(20)25/h7-8,14-15H,6,9-13H2,1-5H3/t14-,15-/m1/s1. The van der Waals surface area contributed by atoms with Crippen molar-refractivity contribution in [2.45, 2.75) is 70.9 Å². The highest BCUT2D eigenvalue weighted by Gasteiger charge is 2.37. The number of ether oxygens (including phenoxy) is 3. The predicted molar refractivity (Wildman–Crippen MR) is 123 cm³/mol. The van der Waals surface area contributed by atoms with Crippen molar-refractivity contribution >= 4 is 41.0 Å². The number of ketones is 1. The number of carbonyl (C=O) groups is 3. The zero-order valence-electron chi connectivity index (χ0n) is 19.2. The van der Waals surface area contributed by atoms with Crippen LogP contribution in [0.3, 0.4) is 0 Å². The number of nitrogens with zero attached hydrogens (tertiary/aromatic N) is 1. The Morgan fingerprint density at radius 2 is 1.88 bits per heavy atom. The summed E-state index contributed by atoms with van der Waals surface area (Å²) < 4.78 is 15.9. The van der Waals surface area contributed by atoms with Gasteiger partial charge in [-0.3, -0.25) is 9.59 Å². The molecule has 0 saturated carbocycles. The maximum atomic E-state index is 12.8. The minimum absolute atomic E-state index is 0.00899. The lowest BCUT2D eigenvalue weighted by Crippen LogP contribution is -2.48. The van der Waals surface area contributed by atoms with Gasteiger partial charge in [0.1, 0.15) is 23.6 Å². The lowest BCUT2D eigenvalue weighted by molar-refractivity contribution is -0.145. The van der Waals surface area contributed by atoms with E-state index in [4.69, 9.17) is 37.4 Å². The molecule has 0 aliphatic carbocycles. The van der Waals surface area contributed by atoms with E-state index in [-0.39, 0.29) is 31.1 Å². The number of methoxy groups -OCH3 is 1. The average molecular weight is 488 g/mol. The summed E-state index contributed by atoms with van der Waals surface area (Å²) in [5.41, 5.74) is 0.0840. The van der Waals surface area contributed by atoms with Crippen LogP contribution in [0.4, 0.5) is 4.79 Å². The fourth-order valence-corrected chi connectivity index (χ4v) is 4.36. The molecule has 2 atom stereocenters. The van der Waals surface area contributed by atoms with E-state index < -0.39 is 23.7 Å². The van der Waals surface area contributed by atoms with E-state index in [0.29, 0.717) is 35.2 Å². The van der Waals surface area contributed by atoms with Gasteiger partial charge in [-0.15, -0.1) is 0 Å². The number of hydrogen-bond acceptors (Lipinski definition) is 6. The Labute approximate surface area is 199 Å². The first-order valence-electron chi connectivity index (χ1n) is 10.7. The summed E-state index contributed by atoms with van der Waals surface area (Å²) >= 11 is 12.8. The largest absolute Gasteiger partial charge is 0.496 e. The number of piperidine rings is 1. The highest BCUT2D eigenvalue weighted by atomic mass is 35.5. The van der Waals surface area contributed by atoms with E-state index in [1.165, 1.54) is 0 Å². The summed E-state index contributed by atoms with van der Waals surface area (Å²) in [6, 6.07) is 2.96. The summed E-state index contributed by atoms with van der Waals surface area (Å²) in [6.07, 6.45) is 0.227. The van der Waals surface area contributed by atoms with Crippen molar-refractivity contribution in [3.05, 3.63) is 27.7 Å². The van der Waals surface area contributed by atoms with E-state index in [2.05, 4.69) is 0 Å².